The van der Waals surface area contributed by atoms with Gasteiger partial charge in [0.1, 0.15) is 0 Å². The van der Waals surface area contributed by atoms with Crippen molar-refractivity contribution in [1.29, 1.82) is 0 Å². The van der Waals surface area contributed by atoms with Gasteiger partial charge in [-0.3, -0.25) is 10.9 Å². The Hall–Kier alpha value is -0.120. The highest BCUT2D eigenvalue weighted by Gasteiger charge is 2.09. The summed E-state index contributed by atoms with van der Waals surface area (Å²) in [6.45, 7) is 2.19. The molecular formula is C5H12N2O. The van der Waals surface area contributed by atoms with Crippen LogP contribution in [0, 0.1) is 5.92 Å². The van der Waals surface area contributed by atoms with E-state index in [1.54, 1.807) is 0 Å². The molecule has 3 N–H and O–H groups in total. The van der Waals surface area contributed by atoms with Crippen molar-refractivity contribution in [2.24, 2.45) is 5.92 Å². The number of aliphatic hydroxyl groups excluding tert-OH is 1. The van der Waals surface area contributed by atoms with Crippen molar-refractivity contribution in [3.05, 3.63) is 0 Å². The smallest absolute Gasteiger partial charge is 0.0472 e. The monoisotopic (exact) mass is 116 g/mol. The molecule has 0 aromatic heterocycles. The molecule has 0 spiro atoms. The maximum Gasteiger partial charge on any atom is 0.0472 e. The van der Waals surface area contributed by atoms with Gasteiger partial charge in [-0.05, 0) is 12.3 Å². The van der Waals surface area contributed by atoms with Crippen molar-refractivity contribution >= 4 is 0 Å². The number of hydrogen-bond donors (Lipinski definition) is 3. The van der Waals surface area contributed by atoms with E-state index < -0.39 is 0 Å². The van der Waals surface area contributed by atoms with Crippen LogP contribution in [0.15, 0.2) is 0 Å². The van der Waals surface area contributed by atoms with Crippen LogP contribution in [0.5, 0.6) is 0 Å². The molecule has 1 fully saturated rings. The summed E-state index contributed by atoms with van der Waals surface area (Å²) in [5.74, 6) is 0.469. The van der Waals surface area contributed by atoms with E-state index in [2.05, 4.69) is 10.9 Å². The fourth-order valence-electron chi connectivity index (χ4n) is 0.839. The molecular weight excluding hydrogens is 104 g/mol. The first-order valence-electron chi connectivity index (χ1n) is 3.00. The zero-order valence-electron chi connectivity index (χ0n) is 4.85. The van der Waals surface area contributed by atoms with E-state index in [-0.39, 0.29) is 0 Å². The van der Waals surface area contributed by atoms with Crippen LogP contribution in [0.25, 0.3) is 0 Å². The normalized spacial score (nSPS) is 30.4. The van der Waals surface area contributed by atoms with E-state index in [9.17, 15) is 0 Å². The van der Waals surface area contributed by atoms with E-state index in [0.717, 1.165) is 19.5 Å². The van der Waals surface area contributed by atoms with E-state index in [0.29, 0.717) is 12.5 Å². The van der Waals surface area contributed by atoms with Gasteiger partial charge in [-0.15, -0.1) is 0 Å². The Balaban J connectivity index is 2.13. The third-order valence-electron chi connectivity index (χ3n) is 1.45. The lowest BCUT2D eigenvalue weighted by molar-refractivity contribution is 0.190. The molecule has 1 saturated heterocycles. The second-order valence-corrected chi connectivity index (χ2v) is 2.14. The number of aliphatic hydroxyl groups is 1. The molecule has 0 aliphatic carbocycles. The van der Waals surface area contributed by atoms with Gasteiger partial charge in [0, 0.05) is 19.7 Å². The van der Waals surface area contributed by atoms with Gasteiger partial charge in [0.25, 0.3) is 0 Å². The minimum absolute atomic E-state index is 0.314. The van der Waals surface area contributed by atoms with Gasteiger partial charge in [0.15, 0.2) is 0 Å². The molecule has 3 nitrogen and oxygen atoms in total. The van der Waals surface area contributed by atoms with Crippen molar-refractivity contribution < 1.29 is 5.11 Å². The molecule has 3 heteroatoms. The lowest BCUT2D eigenvalue weighted by atomic mass is 10.1. The Morgan fingerprint density at radius 1 is 1.50 bits per heavy atom. The average molecular weight is 116 g/mol. The van der Waals surface area contributed by atoms with E-state index in [1.807, 2.05) is 0 Å². The van der Waals surface area contributed by atoms with Gasteiger partial charge in [-0.25, -0.2) is 0 Å². The van der Waals surface area contributed by atoms with E-state index in [1.165, 1.54) is 0 Å². The maximum atomic E-state index is 8.62. The summed E-state index contributed by atoms with van der Waals surface area (Å²) in [6.07, 6.45) is 1.09. The highest BCUT2D eigenvalue weighted by molar-refractivity contribution is 4.64. The van der Waals surface area contributed by atoms with Crippen molar-refractivity contribution in [3.63, 3.8) is 0 Å². The zero-order chi connectivity index (χ0) is 5.82. The minimum Gasteiger partial charge on any atom is -0.396 e. The van der Waals surface area contributed by atoms with Gasteiger partial charge >= 0.3 is 0 Å². The number of hydrazine groups is 1. The van der Waals surface area contributed by atoms with Crippen molar-refractivity contribution in [2.45, 2.75) is 6.42 Å². The Bertz CT molecular complexity index is 61.4. The summed E-state index contributed by atoms with van der Waals surface area (Å²) in [5, 5.41) is 8.62. The topological polar surface area (TPSA) is 44.3 Å². The molecule has 0 aromatic rings. The van der Waals surface area contributed by atoms with Crippen LogP contribution < -0.4 is 10.9 Å². The molecule has 1 rings (SSSR count). The second-order valence-electron chi connectivity index (χ2n) is 2.14. The summed E-state index contributed by atoms with van der Waals surface area (Å²) in [6, 6.07) is 0. The molecule has 1 aliphatic rings. The molecule has 8 heavy (non-hydrogen) atoms. The second kappa shape index (κ2) is 3.02. The molecule has 1 heterocycles. The molecule has 1 atom stereocenters. The van der Waals surface area contributed by atoms with Crippen LogP contribution in [0.2, 0.25) is 0 Å². The van der Waals surface area contributed by atoms with Crippen LogP contribution in [0.3, 0.4) is 0 Å². The number of hydrogen-bond acceptors (Lipinski definition) is 3. The summed E-state index contributed by atoms with van der Waals surface area (Å²) < 4.78 is 0. The number of rotatable bonds is 1. The predicted molar refractivity (Wildman–Crippen MR) is 31.2 cm³/mol. The third-order valence-corrected chi connectivity index (χ3v) is 1.45. The summed E-state index contributed by atoms with van der Waals surface area (Å²) in [7, 11) is 0. The highest BCUT2D eigenvalue weighted by atomic mass is 16.3. The van der Waals surface area contributed by atoms with Crippen LogP contribution in [0.4, 0.5) is 0 Å². The van der Waals surface area contributed by atoms with Gasteiger partial charge in [-0.1, -0.05) is 0 Å². The average Bonchev–Trinajstić information content (AvgIpc) is 1.90. The lowest BCUT2D eigenvalue weighted by Gasteiger charge is -2.20. The molecule has 0 bridgehead atoms. The van der Waals surface area contributed by atoms with Crippen molar-refractivity contribution in [1.82, 2.24) is 10.9 Å². The molecule has 48 valence electrons. The van der Waals surface area contributed by atoms with Crippen LogP contribution in [-0.4, -0.2) is 24.8 Å². The van der Waals surface area contributed by atoms with E-state index in [4.69, 9.17) is 5.11 Å². The first-order valence-corrected chi connectivity index (χ1v) is 3.00. The summed E-state index contributed by atoms with van der Waals surface area (Å²) in [4.78, 5) is 0. The summed E-state index contributed by atoms with van der Waals surface area (Å²) in [5.41, 5.74) is 5.96. The highest BCUT2D eigenvalue weighted by Crippen LogP contribution is 2.00. The maximum absolute atomic E-state index is 8.62. The fourth-order valence-corrected chi connectivity index (χ4v) is 0.839. The van der Waals surface area contributed by atoms with Gasteiger partial charge in [0.05, 0.1) is 0 Å². The van der Waals surface area contributed by atoms with Crippen molar-refractivity contribution in [3.8, 4) is 0 Å². The Morgan fingerprint density at radius 3 is 2.75 bits per heavy atom. The molecule has 0 radical (unpaired) electrons. The lowest BCUT2D eigenvalue weighted by Crippen LogP contribution is -2.43. The number of nitrogens with one attached hydrogen (secondary N) is 2. The van der Waals surface area contributed by atoms with E-state index >= 15 is 0 Å². The van der Waals surface area contributed by atoms with Crippen LogP contribution in [0.1, 0.15) is 6.42 Å². The quantitative estimate of drug-likeness (QED) is 0.415. The van der Waals surface area contributed by atoms with Crippen LogP contribution in [-0.2, 0) is 0 Å². The summed E-state index contributed by atoms with van der Waals surface area (Å²) >= 11 is 0. The first-order chi connectivity index (χ1) is 3.93. The Labute approximate surface area is 49.1 Å². The van der Waals surface area contributed by atoms with Gasteiger partial charge in [-0.2, -0.15) is 0 Å². The predicted octanol–water partition coefficient (Wildman–Crippen LogP) is -0.907. The largest absolute Gasteiger partial charge is 0.396 e. The molecule has 0 aromatic carbocycles. The molecule has 1 unspecified atom stereocenters. The van der Waals surface area contributed by atoms with Gasteiger partial charge < -0.3 is 5.11 Å². The van der Waals surface area contributed by atoms with Crippen LogP contribution >= 0.6 is 0 Å². The Kier molecular flexibility index (Phi) is 2.27. The SMILES string of the molecule is OCC1CCNNC1. The standard InChI is InChI=1S/C5H12N2O/c8-4-5-1-2-6-7-3-5/h5-8H,1-4H2. The third kappa shape index (κ3) is 1.43. The fraction of sp³-hybridized carbons (Fsp3) is 1.00. The molecule has 0 amide bonds. The Morgan fingerprint density at radius 2 is 2.38 bits per heavy atom. The molecule has 1 aliphatic heterocycles. The van der Waals surface area contributed by atoms with Crippen molar-refractivity contribution in [2.75, 3.05) is 19.7 Å². The first kappa shape index (κ1) is 6.01. The minimum atomic E-state index is 0.314. The molecule has 0 saturated carbocycles. The van der Waals surface area contributed by atoms with Gasteiger partial charge in [0.2, 0.25) is 0 Å². The zero-order valence-corrected chi connectivity index (χ0v) is 4.85.